The first-order valence-electron chi connectivity index (χ1n) is 9.10. The van der Waals surface area contributed by atoms with Crippen LogP contribution in [0.1, 0.15) is 35.9 Å². The normalized spacial score (nSPS) is 17.3. The Morgan fingerprint density at radius 3 is 2.69 bits per heavy atom. The molecule has 1 atom stereocenters. The second-order valence-corrected chi connectivity index (χ2v) is 7.03. The molecule has 10 heteroatoms. The number of aromatic nitrogens is 2. The number of para-hydroxylation sites is 1. The van der Waals surface area contributed by atoms with Crippen molar-refractivity contribution < 1.29 is 27.5 Å². The van der Waals surface area contributed by atoms with Crippen LogP contribution in [-0.2, 0) is 15.7 Å². The average molecular weight is 430 g/mol. The molecular formula is C19H19ClF3N3O3. The summed E-state index contributed by atoms with van der Waals surface area (Å²) in [6.07, 6.45) is -3.63. The van der Waals surface area contributed by atoms with Crippen LogP contribution in [0.3, 0.4) is 0 Å². The summed E-state index contributed by atoms with van der Waals surface area (Å²) >= 11 is 6.12. The number of rotatable bonds is 4. The van der Waals surface area contributed by atoms with Gasteiger partial charge in [0, 0.05) is 19.2 Å². The van der Waals surface area contributed by atoms with Gasteiger partial charge in [-0.2, -0.15) is 18.3 Å². The van der Waals surface area contributed by atoms with Gasteiger partial charge < -0.3 is 9.64 Å². The van der Waals surface area contributed by atoms with Gasteiger partial charge in [0.25, 0.3) is 5.91 Å². The number of ether oxygens (including phenoxy) is 1. The van der Waals surface area contributed by atoms with Crippen molar-refractivity contribution in [1.29, 1.82) is 0 Å². The summed E-state index contributed by atoms with van der Waals surface area (Å²) in [7, 11) is 0. The average Bonchev–Trinajstić information content (AvgIpc) is 3.13. The maximum absolute atomic E-state index is 13.3. The van der Waals surface area contributed by atoms with E-state index in [2.05, 4.69) is 5.10 Å². The van der Waals surface area contributed by atoms with Gasteiger partial charge in [0.15, 0.2) is 5.69 Å². The molecule has 2 aromatic rings. The fourth-order valence-corrected chi connectivity index (χ4v) is 3.47. The number of amides is 1. The van der Waals surface area contributed by atoms with E-state index < -0.39 is 29.7 Å². The summed E-state index contributed by atoms with van der Waals surface area (Å²) in [5.41, 5.74) is -1.30. The quantitative estimate of drug-likeness (QED) is 0.690. The molecule has 2 heterocycles. The number of alkyl halides is 3. The summed E-state index contributed by atoms with van der Waals surface area (Å²) in [4.78, 5) is 26.5. The Hall–Kier alpha value is -2.55. The largest absolute Gasteiger partial charge is 0.466 e. The van der Waals surface area contributed by atoms with E-state index in [1.165, 1.54) is 17.0 Å². The number of likely N-dealkylation sites (tertiary alicyclic amines) is 1. The first-order valence-corrected chi connectivity index (χ1v) is 9.48. The molecule has 29 heavy (non-hydrogen) atoms. The summed E-state index contributed by atoms with van der Waals surface area (Å²) < 4.78 is 45.7. The first-order chi connectivity index (χ1) is 13.7. The molecule has 1 saturated heterocycles. The van der Waals surface area contributed by atoms with Crippen molar-refractivity contribution in [1.82, 2.24) is 14.7 Å². The molecule has 0 aliphatic carbocycles. The van der Waals surface area contributed by atoms with E-state index in [0.717, 1.165) is 4.68 Å². The smallest absolute Gasteiger partial charge is 0.435 e. The number of carbonyl (C=O) groups excluding carboxylic acids is 2. The van der Waals surface area contributed by atoms with E-state index in [0.29, 0.717) is 25.5 Å². The summed E-state index contributed by atoms with van der Waals surface area (Å²) in [6, 6.07) is 6.89. The molecule has 3 rings (SSSR count). The van der Waals surface area contributed by atoms with Gasteiger partial charge in [-0.25, -0.2) is 4.68 Å². The van der Waals surface area contributed by atoms with Crippen molar-refractivity contribution in [2.75, 3.05) is 19.7 Å². The summed E-state index contributed by atoms with van der Waals surface area (Å²) in [5.74, 6) is -1.58. The molecule has 0 N–H and O–H groups in total. The van der Waals surface area contributed by atoms with E-state index >= 15 is 0 Å². The van der Waals surface area contributed by atoms with Crippen molar-refractivity contribution in [3.05, 3.63) is 46.7 Å². The van der Waals surface area contributed by atoms with E-state index in [1.54, 1.807) is 19.1 Å². The Bertz CT molecular complexity index is 914. The molecule has 6 nitrogen and oxygen atoms in total. The van der Waals surface area contributed by atoms with E-state index in [-0.39, 0.29) is 29.6 Å². The molecule has 1 aliphatic heterocycles. The number of carbonyl (C=O) groups is 2. The Kier molecular flexibility index (Phi) is 6.16. The van der Waals surface area contributed by atoms with Crippen LogP contribution < -0.4 is 0 Å². The number of hydrogen-bond donors (Lipinski definition) is 0. The van der Waals surface area contributed by atoms with Crippen LogP contribution in [0.5, 0.6) is 0 Å². The number of hydrogen-bond acceptors (Lipinski definition) is 4. The second-order valence-electron chi connectivity index (χ2n) is 6.62. The van der Waals surface area contributed by atoms with E-state index in [1.807, 2.05) is 0 Å². The zero-order chi connectivity index (χ0) is 21.2. The van der Waals surface area contributed by atoms with Gasteiger partial charge in [-0.3, -0.25) is 9.59 Å². The van der Waals surface area contributed by atoms with E-state index in [9.17, 15) is 22.8 Å². The number of benzene rings is 1. The minimum atomic E-state index is -4.73. The molecule has 1 aliphatic rings. The molecule has 0 saturated carbocycles. The Labute approximate surface area is 170 Å². The number of halogens is 4. The lowest BCUT2D eigenvalue weighted by Gasteiger charge is -2.31. The Balaban J connectivity index is 1.96. The zero-order valence-electron chi connectivity index (χ0n) is 15.6. The summed E-state index contributed by atoms with van der Waals surface area (Å²) in [5, 5.41) is 3.73. The second kappa shape index (κ2) is 8.44. The van der Waals surface area contributed by atoms with Gasteiger partial charge in [0.2, 0.25) is 0 Å². The predicted octanol–water partition coefficient (Wildman–Crippen LogP) is 3.96. The van der Waals surface area contributed by atoms with Crippen LogP contribution in [0.4, 0.5) is 13.2 Å². The predicted molar refractivity (Wildman–Crippen MR) is 98.8 cm³/mol. The van der Waals surface area contributed by atoms with Crippen LogP contribution in [0.2, 0.25) is 5.02 Å². The van der Waals surface area contributed by atoms with Crippen LogP contribution >= 0.6 is 11.6 Å². The first kappa shape index (κ1) is 21.2. The van der Waals surface area contributed by atoms with E-state index in [4.69, 9.17) is 16.3 Å². The molecule has 1 aromatic heterocycles. The van der Waals surface area contributed by atoms with Crippen LogP contribution in [0.15, 0.2) is 30.3 Å². The number of esters is 1. The highest BCUT2D eigenvalue weighted by atomic mass is 35.5. The minimum Gasteiger partial charge on any atom is -0.466 e. The molecule has 0 bridgehead atoms. The molecule has 1 aromatic carbocycles. The zero-order valence-corrected chi connectivity index (χ0v) is 16.3. The van der Waals surface area contributed by atoms with Crippen molar-refractivity contribution in [3.8, 4) is 5.69 Å². The standard InChI is InChI=1S/C19H19ClF3N3O3/c1-2-29-18(28)12-6-5-9-25(11-12)17(27)15-10-16(19(21,22)23)24-26(15)14-8-4-3-7-13(14)20/h3-4,7-8,10,12H,2,5-6,9,11H2,1H3. The number of piperidine rings is 1. The Morgan fingerprint density at radius 2 is 2.03 bits per heavy atom. The highest BCUT2D eigenvalue weighted by Crippen LogP contribution is 2.32. The molecule has 156 valence electrons. The van der Waals surface area contributed by atoms with Gasteiger partial charge in [-0.15, -0.1) is 0 Å². The lowest BCUT2D eigenvalue weighted by molar-refractivity contribution is -0.149. The van der Waals surface area contributed by atoms with Crippen LogP contribution in [0, 0.1) is 5.92 Å². The topological polar surface area (TPSA) is 64.4 Å². The molecule has 0 spiro atoms. The maximum atomic E-state index is 13.3. The highest BCUT2D eigenvalue weighted by molar-refractivity contribution is 6.32. The van der Waals surface area contributed by atoms with Crippen LogP contribution in [0.25, 0.3) is 5.69 Å². The monoisotopic (exact) mass is 429 g/mol. The summed E-state index contributed by atoms with van der Waals surface area (Å²) in [6.45, 7) is 2.30. The Morgan fingerprint density at radius 1 is 1.31 bits per heavy atom. The number of nitrogens with zero attached hydrogens (tertiary/aromatic N) is 3. The van der Waals surface area contributed by atoms with Gasteiger partial charge >= 0.3 is 12.1 Å². The highest BCUT2D eigenvalue weighted by Gasteiger charge is 2.38. The van der Waals surface area contributed by atoms with Gasteiger partial charge in [0.05, 0.1) is 23.2 Å². The molecule has 1 amide bonds. The van der Waals surface area contributed by atoms with Crippen molar-refractivity contribution in [2.24, 2.45) is 5.92 Å². The molecule has 1 unspecified atom stereocenters. The fraction of sp³-hybridized carbons (Fsp3) is 0.421. The SMILES string of the molecule is CCOC(=O)C1CCCN(C(=O)c2cc(C(F)(F)F)nn2-c2ccccc2Cl)C1. The third-order valence-electron chi connectivity index (χ3n) is 4.63. The van der Waals surface area contributed by atoms with Gasteiger partial charge in [0.1, 0.15) is 5.69 Å². The van der Waals surface area contributed by atoms with Crippen molar-refractivity contribution >= 4 is 23.5 Å². The molecular weight excluding hydrogens is 411 g/mol. The van der Waals surface area contributed by atoms with Crippen LogP contribution in [-0.4, -0.2) is 46.3 Å². The third kappa shape index (κ3) is 4.55. The lowest BCUT2D eigenvalue weighted by Crippen LogP contribution is -2.43. The minimum absolute atomic E-state index is 0.0761. The van der Waals surface area contributed by atoms with Gasteiger partial charge in [-0.05, 0) is 31.9 Å². The lowest BCUT2D eigenvalue weighted by atomic mass is 9.98. The molecule has 1 fully saturated rings. The third-order valence-corrected chi connectivity index (χ3v) is 4.95. The van der Waals surface area contributed by atoms with Crippen molar-refractivity contribution in [3.63, 3.8) is 0 Å². The van der Waals surface area contributed by atoms with Gasteiger partial charge in [-0.1, -0.05) is 23.7 Å². The maximum Gasteiger partial charge on any atom is 0.435 e. The molecule has 0 radical (unpaired) electrons. The fourth-order valence-electron chi connectivity index (χ4n) is 3.26. The van der Waals surface area contributed by atoms with Crippen molar-refractivity contribution in [2.45, 2.75) is 25.9 Å².